The van der Waals surface area contributed by atoms with E-state index in [9.17, 15) is 9.59 Å². The molecule has 2 aliphatic rings. The number of likely N-dealkylation sites (tertiary alicyclic amines) is 1. The average Bonchev–Trinajstić information content (AvgIpc) is 2.81. The molecule has 114 valence electrons. The number of hydrogen-bond acceptors (Lipinski definition) is 3. The van der Waals surface area contributed by atoms with Gasteiger partial charge in [-0.3, -0.25) is 4.79 Å². The summed E-state index contributed by atoms with van der Waals surface area (Å²) in [5.41, 5.74) is 0. The fourth-order valence-corrected chi connectivity index (χ4v) is 4.00. The predicted molar refractivity (Wildman–Crippen MR) is 80.0 cm³/mol. The van der Waals surface area contributed by atoms with E-state index in [4.69, 9.17) is 5.11 Å². The molecule has 2 N–H and O–H groups in total. The molecule has 0 aromatic carbocycles. The number of carboxylic acid groups (broad SMARTS) is 1. The van der Waals surface area contributed by atoms with Crippen LogP contribution in [0.15, 0.2) is 0 Å². The van der Waals surface area contributed by atoms with Crippen LogP contribution in [0.25, 0.3) is 0 Å². The Balaban J connectivity index is 1.82. The Kier molecular flexibility index (Phi) is 5.18. The molecule has 0 bridgehead atoms. The van der Waals surface area contributed by atoms with Gasteiger partial charge in [0.1, 0.15) is 0 Å². The highest BCUT2D eigenvalue weighted by atomic mass is 32.2. The third-order valence-electron chi connectivity index (χ3n) is 4.67. The maximum atomic E-state index is 12.3. The van der Waals surface area contributed by atoms with Crippen molar-refractivity contribution in [3.63, 3.8) is 0 Å². The Morgan fingerprint density at radius 2 is 1.85 bits per heavy atom. The van der Waals surface area contributed by atoms with Gasteiger partial charge in [-0.2, -0.15) is 11.8 Å². The van der Waals surface area contributed by atoms with Crippen molar-refractivity contribution >= 4 is 23.8 Å². The van der Waals surface area contributed by atoms with Crippen molar-refractivity contribution in [2.24, 2.45) is 5.92 Å². The van der Waals surface area contributed by atoms with Gasteiger partial charge in [0.15, 0.2) is 0 Å². The standard InChI is InChI=1S/C14H24N2O3S/c1-9-12(13(17)18)7-8-16(9)14(19)15-10-3-5-11(20-2)6-4-10/h9-12H,3-8H2,1-2H3,(H,15,19)(H,17,18). The number of rotatable bonds is 3. The summed E-state index contributed by atoms with van der Waals surface area (Å²) in [5, 5.41) is 12.9. The van der Waals surface area contributed by atoms with Crippen LogP contribution in [0, 0.1) is 5.92 Å². The van der Waals surface area contributed by atoms with Crippen LogP contribution in [0.2, 0.25) is 0 Å². The van der Waals surface area contributed by atoms with Gasteiger partial charge < -0.3 is 15.3 Å². The van der Waals surface area contributed by atoms with Crippen LogP contribution >= 0.6 is 11.8 Å². The lowest BCUT2D eigenvalue weighted by Gasteiger charge is -2.31. The lowest BCUT2D eigenvalue weighted by molar-refractivity contribution is -0.142. The zero-order valence-electron chi connectivity index (χ0n) is 12.2. The molecular weight excluding hydrogens is 276 g/mol. The quantitative estimate of drug-likeness (QED) is 0.838. The molecular formula is C14H24N2O3S. The lowest BCUT2D eigenvalue weighted by Crippen LogP contribution is -2.48. The van der Waals surface area contributed by atoms with E-state index in [2.05, 4.69) is 11.6 Å². The van der Waals surface area contributed by atoms with E-state index in [1.54, 1.807) is 4.90 Å². The minimum atomic E-state index is -0.798. The molecule has 2 amide bonds. The number of amides is 2. The number of carbonyl (C=O) groups excluding carboxylic acids is 1. The summed E-state index contributed by atoms with van der Waals surface area (Å²) in [4.78, 5) is 25.0. The first-order valence-corrected chi connectivity index (χ1v) is 8.64. The maximum Gasteiger partial charge on any atom is 0.317 e. The van der Waals surface area contributed by atoms with E-state index < -0.39 is 11.9 Å². The predicted octanol–water partition coefficient (Wildman–Crippen LogP) is 2.17. The van der Waals surface area contributed by atoms with Gasteiger partial charge in [-0.05, 0) is 45.3 Å². The first-order valence-electron chi connectivity index (χ1n) is 7.35. The van der Waals surface area contributed by atoms with E-state index >= 15 is 0 Å². The highest BCUT2D eigenvalue weighted by molar-refractivity contribution is 7.99. The number of aliphatic carboxylic acids is 1. The van der Waals surface area contributed by atoms with Crippen LogP contribution in [0.4, 0.5) is 4.79 Å². The van der Waals surface area contributed by atoms with Gasteiger partial charge in [0.25, 0.3) is 0 Å². The van der Waals surface area contributed by atoms with Crippen molar-refractivity contribution in [1.29, 1.82) is 0 Å². The van der Waals surface area contributed by atoms with Crippen LogP contribution in [-0.2, 0) is 4.79 Å². The van der Waals surface area contributed by atoms with Crippen LogP contribution in [0.5, 0.6) is 0 Å². The Bertz CT molecular complexity index is 369. The molecule has 1 saturated heterocycles. The molecule has 1 aliphatic carbocycles. The second kappa shape index (κ2) is 6.70. The Morgan fingerprint density at radius 1 is 1.20 bits per heavy atom. The molecule has 0 spiro atoms. The number of nitrogens with one attached hydrogen (secondary N) is 1. The number of thioether (sulfide) groups is 1. The van der Waals surface area contributed by atoms with Crippen molar-refractivity contribution in [2.45, 2.75) is 56.4 Å². The normalized spacial score (nSPS) is 34.0. The molecule has 2 fully saturated rings. The number of nitrogens with zero attached hydrogens (tertiary/aromatic N) is 1. The fraction of sp³-hybridized carbons (Fsp3) is 0.857. The molecule has 1 aliphatic heterocycles. The van der Waals surface area contributed by atoms with Gasteiger partial charge in [-0.1, -0.05) is 0 Å². The van der Waals surface area contributed by atoms with Crippen molar-refractivity contribution in [1.82, 2.24) is 10.2 Å². The Labute approximate surface area is 124 Å². The van der Waals surface area contributed by atoms with E-state index in [1.807, 2.05) is 18.7 Å². The van der Waals surface area contributed by atoms with E-state index in [0.29, 0.717) is 13.0 Å². The van der Waals surface area contributed by atoms with Gasteiger partial charge in [-0.15, -0.1) is 0 Å². The summed E-state index contributed by atoms with van der Waals surface area (Å²) in [6.07, 6.45) is 7.06. The number of hydrogen-bond donors (Lipinski definition) is 2. The smallest absolute Gasteiger partial charge is 0.317 e. The third kappa shape index (κ3) is 3.40. The van der Waals surface area contributed by atoms with E-state index in [-0.39, 0.29) is 18.1 Å². The highest BCUT2D eigenvalue weighted by Crippen LogP contribution is 2.28. The van der Waals surface area contributed by atoms with Crippen molar-refractivity contribution in [3.05, 3.63) is 0 Å². The van der Waals surface area contributed by atoms with Gasteiger partial charge >= 0.3 is 12.0 Å². The zero-order chi connectivity index (χ0) is 14.7. The largest absolute Gasteiger partial charge is 0.481 e. The second-order valence-electron chi connectivity index (χ2n) is 5.83. The Hall–Kier alpha value is -0.910. The van der Waals surface area contributed by atoms with Gasteiger partial charge in [0.2, 0.25) is 0 Å². The van der Waals surface area contributed by atoms with Crippen molar-refractivity contribution in [3.8, 4) is 0 Å². The monoisotopic (exact) mass is 300 g/mol. The lowest BCUT2D eigenvalue weighted by atomic mass is 9.95. The van der Waals surface area contributed by atoms with Crippen LogP contribution in [0.1, 0.15) is 39.0 Å². The van der Waals surface area contributed by atoms with Crippen molar-refractivity contribution < 1.29 is 14.7 Å². The molecule has 1 saturated carbocycles. The van der Waals surface area contributed by atoms with Crippen LogP contribution in [-0.4, -0.2) is 52.1 Å². The second-order valence-corrected chi connectivity index (χ2v) is 6.96. The van der Waals surface area contributed by atoms with Gasteiger partial charge in [-0.25, -0.2) is 4.79 Å². The van der Waals surface area contributed by atoms with Crippen LogP contribution in [0.3, 0.4) is 0 Å². The highest BCUT2D eigenvalue weighted by Gasteiger charge is 2.38. The minimum absolute atomic E-state index is 0.0890. The first-order chi connectivity index (χ1) is 9.52. The molecule has 1 heterocycles. The number of urea groups is 1. The molecule has 0 aromatic rings. The molecule has 20 heavy (non-hydrogen) atoms. The minimum Gasteiger partial charge on any atom is -0.481 e. The molecule has 2 unspecified atom stereocenters. The van der Waals surface area contributed by atoms with E-state index in [0.717, 1.165) is 30.9 Å². The molecule has 5 nitrogen and oxygen atoms in total. The van der Waals surface area contributed by atoms with Gasteiger partial charge in [0, 0.05) is 23.9 Å². The van der Waals surface area contributed by atoms with Crippen LogP contribution < -0.4 is 5.32 Å². The molecule has 0 radical (unpaired) electrons. The Morgan fingerprint density at radius 3 is 2.35 bits per heavy atom. The summed E-state index contributed by atoms with van der Waals surface area (Å²) >= 11 is 1.91. The fourth-order valence-electron chi connectivity index (χ4n) is 3.26. The van der Waals surface area contributed by atoms with Gasteiger partial charge in [0.05, 0.1) is 5.92 Å². The average molecular weight is 300 g/mol. The van der Waals surface area contributed by atoms with Crippen molar-refractivity contribution in [2.75, 3.05) is 12.8 Å². The summed E-state index contributed by atoms with van der Waals surface area (Å²) in [6.45, 7) is 2.38. The summed E-state index contributed by atoms with van der Waals surface area (Å²) < 4.78 is 0. The number of carbonyl (C=O) groups is 2. The third-order valence-corrected chi connectivity index (χ3v) is 5.81. The molecule has 0 aromatic heterocycles. The topological polar surface area (TPSA) is 69.6 Å². The summed E-state index contributed by atoms with van der Waals surface area (Å²) in [5.74, 6) is -1.22. The summed E-state index contributed by atoms with van der Waals surface area (Å²) in [7, 11) is 0. The summed E-state index contributed by atoms with van der Waals surface area (Å²) in [6, 6.07) is -0.0501. The number of carboxylic acids is 1. The molecule has 2 rings (SSSR count). The SMILES string of the molecule is CSC1CCC(NC(=O)N2CCC(C(=O)O)C2C)CC1. The first kappa shape index (κ1) is 15.5. The maximum absolute atomic E-state index is 12.3. The zero-order valence-corrected chi connectivity index (χ0v) is 13.0. The molecule has 2 atom stereocenters. The molecule has 6 heteroatoms. The van der Waals surface area contributed by atoms with E-state index in [1.165, 1.54) is 0 Å².